The van der Waals surface area contributed by atoms with Gasteiger partial charge in [-0.1, -0.05) is 6.07 Å². The number of carbonyl (C=O) groups is 1. The molecule has 6 heteroatoms. The molecule has 0 aliphatic heterocycles. The monoisotopic (exact) mass is 257 g/mol. The number of aliphatic hydroxyl groups is 1. The van der Waals surface area contributed by atoms with Gasteiger partial charge in [-0.25, -0.2) is 4.39 Å². The third-order valence-corrected chi connectivity index (χ3v) is 2.62. The Balaban J connectivity index is 3.17. The van der Waals surface area contributed by atoms with Crippen LogP contribution >= 0.6 is 0 Å². The molecule has 0 saturated carbocycles. The molecule has 1 rings (SSSR count). The molecule has 0 saturated heterocycles. The highest BCUT2D eigenvalue weighted by atomic mass is 19.1. The first-order valence-corrected chi connectivity index (χ1v) is 5.38. The lowest BCUT2D eigenvalue weighted by Crippen LogP contribution is -2.33. The Hall–Kier alpha value is -1.66. The van der Waals surface area contributed by atoms with Crippen molar-refractivity contribution in [2.45, 2.75) is 6.04 Å². The molecule has 0 aliphatic rings. The number of aliphatic hydroxyl groups excluding tert-OH is 1. The van der Waals surface area contributed by atoms with Crippen LogP contribution < -0.4 is 4.74 Å². The Kier molecular flexibility index (Phi) is 5.06. The maximum Gasteiger partial charge on any atom is 0.325 e. The van der Waals surface area contributed by atoms with Gasteiger partial charge >= 0.3 is 5.97 Å². The fraction of sp³-hybridized carbons (Fsp3) is 0.417. The highest BCUT2D eigenvalue weighted by molar-refractivity contribution is 5.76. The lowest BCUT2D eigenvalue weighted by atomic mass is 10.0. The third kappa shape index (κ3) is 3.18. The Morgan fingerprint density at radius 1 is 1.56 bits per heavy atom. The van der Waals surface area contributed by atoms with Crippen LogP contribution in [0.4, 0.5) is 4.39 Å². The summed E-state index contributed by atoms with van der Waals surface area (Å²) in [6.07, 6.45) is 0. The minimum atomic E-state index is -1.09. The van der Waals surface area contributed by atoms with Gasteiger partial charge in [0.25, 0.3) is 0 Å². The number of rotatable bonds is 6. The van der Waals surface area contributed by atoms with Crippen LogP contribution in [0.15, 0.2) is 18.2 Å². The van der Waals surface area contributed by atoms with E-state index in [-0.39, 0.29) is 18.9 Å². The third-order valence-electron chi connectivity index (χ3n) is 2.62. The molecule has 1 atom stereocenters. The average Bonchev–Trinajstić information content (AvgIpc) is 2.31. The van der Waals surface area contributed by atoms with E-state index in [9.17, 15) is 14.3 Å². The van der Waals surface area contributed by atoms with Gasteiger partial charge in [-0.05, 0) is 13.1 Å². The number of likely N-dealkylation sites (N-methyl/N-ethyl adjacent to an activating group) is 1. The van der Waals surface area contributed by atoms with E-state index >= 15 is 0 Å². The summed E-state index contributed by atoms with van der Waals surface area (Å²) in [5, 5.41) is 18.1. The lowest BCUT2D eigenvalue weighted by Gasteiger charge is -2.25. The SMILES string of the molecule is COc1cc(F)ccc1[C@@H](C(=O)O)N(C)CCO. The Labute approximate surface area is 104 Å². The zero-order chi connectivity index (χ0) is 13.7. The number of carboxylic acid groups (broad SMARTS) is 1. The van der Waals surface area contributed by atoms with Crippen LogP contribution in [0.1, 0.15) is 11.6 Å². The van der Waals surface area contributed by atoms with Gasteiger partial charge in [-0.15, -0.1) is 0 Å². The van der Waals surface area contributed by atoms with Crippen molar-refractivity contribution in [3.8, 4) is 5.75 Å². The molecule has 0 amide bonds. The van der Waals surface area contributed by atoms with Crippen molar-refractivity contribution < 1.29 is 24.1 Å². The van der Waals surface area contributed by atoms with Gasteiger partial charge in [0.2, 0.25) is 0 Å². The molecule has 0 spiro atoms. The lowest BCUT2D eigenvalue weighted by molar-refractivity contribution is -0.143. The van der Waals surface area contributed by atoms with Gasteiger partial charge in [-0.2, -0.15) is 0 Å². The van der Waals surface area contributed by atoms with Crippen molar-refractivity contribution >= 4 is 5.97 Å². The van der Waals surface area contributed by atoms with Crippen LogP contribution in [0.5, 0.6) is 5.75 Å². The summed E-state index contributed by atoms with van der Waals surface area (Å²) >= 11 is 0. The molecule has 0 aliphatic carbocycles. The Bertz CT molecular complexity index is 425. The highest BCUT2D eigenvalue weighted by Crippen LogP contribution is 2.29. The molecule has 0 heterocycles. The molecule has 0 radical (unpaired) electrons. The van der Waals surface area contributed by atoms with Crippen molar-refractivity contribution in [3.63, 3.8) is 0 Å². The van der Waals surface area contributed by atoms with E-state index in [1.807, 2.05) is 0 Å². The number of benzene rings is 1. The minimum Gasteiger partial charge on any atom is -0.496 e. The maximum absolute atomic E-state index is 13.1. The summed E-state index contributed by atoms with van der Waals surface area (Å²) < 4.78 is 18.1. The van der Waals surface area contributed by atoms with Gasteiger partial charge in [0.1, 0.15) is 17.6 Å². The molecule has 5 nitrogen and oxygen atoms in total. The molecule has 0 bridgehead atoms. The van der Waals surface area contributed by atoms with Crippen molar-refractivity contribution in [1.82, 2.24) is 4.90 Å². The number of carboxylic acids is 1. The average molecular weight is 257 g/mol. The highest BCUT2D eigenvalue weighted by Gasteiger charge is 2.27. The predicted octanol–water partition coefficient (Wildman–Crippen LogP) is 0.884. The van der Waals surface area contributed by atoms with Gasteiger partial charge in [0.15, 0.2) is 0 Å². The summed E-state index contributed by atoms with van der Waals surface area (Å²) in [4.78, 5) is 12.8. The molecule has 0 unspecified atom stereocenters. The van der Waals surface area contributed by atoms with Crippen LogP contribution in [0.2, 0.25) is 0 Å². The van der Waals surface area contributed by atoms with Crippen LogP contribution in [0.25, 0.3) is 0 Å². The number of methoxy groups -OCH3 is 1. The normalized spacial score (nSPS) is 12.5. The van der Waals surface area contributed by atoms with Crippen molar-refractivity contribution in [2.24, 2.45) is 0 Å². The van der Waals surface area contributed by atoms with Crippen LogP contribution in [-0.2, 0) is 4.79 Å². The summed E-state index contributed by atoms with van der Waals surface area (Å²) in [6, 6.07) is 2.70. The second-order valence-electron chi connectivity index (χ2n) is 3.83. The molecular formula is C12H16FNO4. The quantitative estimate of drug-likeness (QED) is 0.791. The van der Waals surface area contributed by atoms with Gasteiger partial charge in [0.05, 0.1) is 13.7 Å². The molecule has 2 N–H and O–H groups in total. The second kappa shape index (κ2) is 6.32. The molecule has 1 aromatic carbocycles. The van der Waals surface area contributed by atoms with E-state index in [0.717, 1.165) is 6.07 Å². The first kappa shape index (κ1) is 14.4. The van der Waals surface area contributed by atoms with Crippen molar-refractivity contribution in [2.75, 3.05) is 27.3 Å². The van der Waals surface area contributed by atoms with Crippen molar-refractivity contribution in [1.29, 1.82) is 0 Å². The molecule has 0 fully saturated rings. The van der Waals surface area contributed by atoms with Gasteiger partial charge < -0.3 is 14.9 Å². The zero-order valence-corrected chi connectivity index (χ0v) is 10.3. The standard InChI is InChI=1S/C12H16FNO4/c1-14(5-6-15)11(12(16)17)9-4-3-8(13)7-10(9)18-2/h3-4,7,11,15H,5-6H2,1-2H3,(H,16,17)/t11-/m0/s1. The summed E-state index contributed by atoms with van der Waals surface area (Å²) in [5.41, 5.74) is 0.349. The fourth-order valence-electron chi connectivity index (χ4n) is 1.76. The minimum absolute atomic E-state index is 0.163. The summed E-state index contributed by atoms with van der Waals surface area (Å²) in [5.74, 6) is -1.41. The largest absolute Gasteiger partial charge is 0.496 e. The summed E-state index contributed by atoms with van der Waals surface area (Å²) in [7, 11) is 2.92. The predicted molar refractivity (Wildman–Crippen MR) is 63.0 cm³/mol. The van der Waals surface area contributed by atoms with Crippen LogP contribution in [-0.4, -0.2) is 48.4 Å². The van der Waals surface area contributed by atoms with Gasteiger partial charge in [-0.3, -0.25) is 9.69 Å². The molecule has 1 aromatic rings. The van der Waals surface area contributed by atoms with E-state index in [1.54, 1.807) is 7.05 Å². The van der Waals surface area contributed by atoms with E-state index in [0.29, 0.717) is 5.56 Å². The molecule has 18 heavy (non-hydrogen) atoms. The summed E-state index contributed by atoms with van der Waals surface area (Å²) in [6.45, 7) is 0.0291. The Morgan fingerprint density at radius 3 is 2.72 bits per heavy atom. The number of hydrogen-bond acceptors (Lipinski definition) is 4. The maximum atomic E-state index is 13.1. The van der Waals surface area contributed by atoms with E-state index < -0.39 is 17.8 Å². The van der Waals surface area contributed by atoms with Crippen LogP contribution in [0.3, 0.4) is 0 Å². The van der Waals surface area contributed by atoms with Gasteiger partial charge in [0, 0.05) is 18.2 Å². The van der Waals surface area contributed by atoms with Crippen molar-refractivity contribution in [3.05, 3.63) is 29.6 Å². The smallest absolute Gasteiger partial charge is 0.325 e. The molecule has 0 aromatic heterocycles. The zero-order valence-electron chi connectivity index (χ0n) is 10.3. The molecule has 100 valence electrons. The first-order valence-electron chi connectivity index (χ1n) is 5.38. The number of hydrogen-bond donors (Lipinski definition) is 2. The number of nitrogens with zero attached hydrogens (tertiary/aromatic N) is 1. The topological polar surface area (TPSA) is 70.0 Å². The number of halogens is 1. The molecular weight excluding hydrogens is 241 g/mol. The first-order chi connectivity index (χ1) is 8.51. The fourth-order valence-corrected chi connectivity index (χ4v) is 1.76. The van der Waals surface area contributed by atoms with Crippen LogP contribution in [0, 0.1) is 5.82 Å². The van der Waals surface area contributed by atoms with E-state index in [4.69, 9.17) is 9.84 Å². The van der Waals surface area contributed by atoms with E-state index in [1.165, 1.54) is 24.1 Å². The Morgan fingerprint density at radius 2 is 2.22 bits per heavy atom. The van der Waals surface area contributed by atoms with E-state index in [2.05, 4.69) is 0 Å². The number of ether oxygens (including phenoxy) is 1. The number of aliphatic carboxylic acids is 1. The second-order valence-corrected chi connectivity index (χ2v) is 3.83.